The zero-order chi connectivity index (χ0) is 13.3. The summed E-state index contributed by atoms with van der Waals surface area (Å²) >= 11 is 0. The van der Waals surface area contributed by atoms with E-state index in [9.17, 15) is 9.59 Å². The van der Waals surface area contributed by atoms with E-state index >= 15 is 0 Å². The van der Waals surface area contributed by atoms with Gasteiger partial charge in [0.25, 0.3) is 0 Å². The highest BCUT2D eigenvalue weighted by molar-refractivity contribution is 5.82. The van der Waals surface area contributed by atoms with E-state index in [0.717, 1.165) is 19.4 Å². The van der Waals surface area contributed by atoms with E-state index in [4.69, 9.17) is 5.73 Å². The van der Waals surface area contributed by atoms with Gasteiger partial charge in [-0.05, 0) is 24.7 Å². The summed E-state index contributed by atoms with van der Waals surface area (Å²) in [7, 11) is 0. The van der Waals surface area contributed by atoms with E-state index in [0.29, 0.717) is 18.9 Å². The summed E-state index contributed by atoms with van der Waals surface area (Å²) in [4.78, 5) is 25.4. The first kappa shape index (κ1) is 13.3. The van der Waals surface area contributed by atoms with Crippen molar-refractivity contribution in [2.75, 3.05) is 13.1 Å². The van der Waals surface area contributed by atoms with Crippen molar-refractivity contribution >= 4 is 11.8 Å². The van der Waals surface area contributed by atoms with E-state index in [1.54, 1.807) is 0 Å². The number of nitrogens with two attached hydrogens (primary N) is 1. The molecule has 2 saturated heterocycles. The zero-order valence-corrected chi connectivity index (χ0v) is 11.2. The van der Waals surface area contributed by atoms with Crippen LogP contribution in [0.3, 0.4) is 0 Å². The molecule has 5 heteroatoms. The Balaban J connectivity index is 1.95. The van der Waals surface area contributed by atoms with Crippen LogP contribution < -0.4 is 11.1 Å². The molecule has 0 radical (unpaired) electrons. The van der Waals surface area contributed by atoms with Crippen LogP contribution in [0.15, 0.2) is 0 Å². The largest absolute Gasteiger partial charge is 0.353 e. The molecular weight excluding hydrogens is 230 g/mol. The third kappa shape index (κ3) is 2.66. The monoisotopic (exact) mass is 253 g/mol. The van der Waals surface area contributed by atoms with Gasteiger partial charge in [0, 0.05) is 25.6 Å². The van der Waals surface area contributed by atoms with Crippen molar-refractivity contribution in [3.8, 4) is 0 Å². The van der Waals surface area contributed by atoms with Crippen molar-refractivity contribution in [3.05, 3.63) is 0 Å². The summed E-state index contributed by atoms with van der Waals surface area (Å²) in [6.07, 6.45) is 2.32. The predicted octanol–water partition coefficient (Wildman–Crippen LogP) is 0.0968. The van der Waals surface area contributed by atoms with Crippen molar-refractivity contribution in [1.29, 1.82) is 0 Å². The van der Waals surface area contributed by atoms with E-state index in [1.807, 2.05) is 18.7 Å². The molecule has 2 aliphatic rings. The first-order valence-electron chi connectivity index (χ1n) is 6.82. The Kier molecular flexibility index (Phi) is 3.90. The SMILES string of the molecule is CC(C)C(N)C(=O)N1CCC2NC(=O)CCC2C1. The van der Waals surface area contributed by atoms with Crippen molar-refractivity contribution < 1.29 is 9.59 Å². The predicted molar refractivity (Wildman–Crippen MR) is 68.7 cm³/mol. The fourth-order valence-electron chi connectivity index (χ4n) is 2.81. The Bertz CT molecular complexity index is 343. The lowest BCUT2D eigenvalue weighted by Gasteiger charge is -2.42. The van der Waals surface area contributed by atoms with E-state index < -0.39 is 6.04 Å². The minimum Gasteiger partial charge on any atom is -0.353 e. The Morgan fingerprint density at radius 3 is 2.83 bits per heavy atom. The van der Waals surface area contributed by atoms with Crippen LogP contribution in [-0.4, -0.2) is 41.9 Å². The quantitative estimate of drug-likeness (QED) is 0.732. The van der Waals surface area contributed by atoms with Gasteiger partial charge in [0.2, 0.25) is 11.8 Å². The standard InChI is InChI=1S/C13H23N3O2/c1-8(2)12(14)13(18)16-6-5-10-9(7-16)3-4-11(17)15-10/h8-10,12H,3-7,14H2,1-2H3,(H,15,17). The fourth-order valence-corrected chi connectivity index (χ4v) is 2.81. The van der Waals surface area contributed by atoms with Gasteiger partial charge >= 0.3 is 0 Å². The molecule has 18 heavy (non-hydrogen) atoms. The smallest absolute Gasteiger partial charge is 0.239 e. The second-order valence-corrected chi connectivity index (χ2v) is 5.82. The van der Waals surface area contributed by atoms with Crippen LogP contribution in [0.25, 0.3) is 0 Å². The highest BCUT2D eigenvalue weighted by Gasteiger charge is 2.36. The number of nitrogens with zero attached hydrogens (tertiary/aromatic N) is 1. The topological polar surface area (TPSA) is 75.4 Å². The Labute approximate surface area is 108 Å². The molecule has 0 saturated carbocycles. The first-order chi connectivity index (χ1) is 8.49. The lowest BCUT2D eigenvalue weighted by Crippen LogP contribution is -2.57. The zero-order valence-electron chi connectivity index (χ0n) is 11.2. The molecule has 0 aromatic rings. The summed E-state index contributed by atoms with van der Waals surface area (Å²) in [6.45, 7) is 5.39. The van der Waals surface area contributed by atoms with Gasteiger partial charge in [-0.1, -0.05) is 13.8 Å². The molecule has 0 bridgehead atoms. The van der Waals surface area contributed by atoms with Gasteiger partial charge in [-0.15, -0.1) is 0 Å². The maximum atomic E-state index is 12.2. The van der Waals surface area contributed by atoms with Crippen LogP contribution in [0.4, 0.5) is 0 Å². The molecule has 2 heterocycles. The summed E-state index contributed by atoms with van der Waals surface area (Å²) in [5.74, 6) is 0.774. The summed E-state index contributed by atoms with van der Waals surface area (Å²) in [6, 6.07) is -0.148. The van der Waals surface area contributed by atoms with Gasteiger partial charge in [0.15, 0.2) is 0 Å². The molecule has 3 N–H and O–H groups in total. The number of carbonyl (C=O) groups excluding carboxylic acids is 2. The number of hydrogen-bond donors (Lipinski definition) is 2. The minimum absolute atomic E-state index is 0.0559. The van der Waals surface area contributed by atoms with Crippen LogP contribution >= 0.6 is 0 Å². The average Bonchev–Trinajstić information content (AvgIpc) is 2.36. The molecule has 5 nitrogen and oxygen atoms in total. The Morgan fingerprint density at radius 1 is 1.44 bits per heavy atom. The van der Waals surface area contributed by atoms with Gasteiger partial charge in [-0.3, -0.25) is 9.59 Å². The normalized spacial score (nSPS) is 29.8. The Hall–Kier alpha value is -1.10. The molecular formula is C13H23N3O2. The van der Waals surface area contributed by atoms with Gasteiger partial charge in [0.1, 0.15) is 0 Å². The number of rotatable bonds is 2. The summed E-state index contributed by atoms with van der Waals surface area (Å²) in [5.41, 5.74) is 5.92. The highest BCUT2D eigenvalue weighted by atomic mass is 16.2. The van der Waals surface area contributed by atoms with Gasteiger partial charge < -0.3 is 16.0 Å². The van der Waals surface area contributed by atoms with E-state index in [1.165, 1.54) is 0 Å². The number of hydrogen-bond acceptors (Lipinski definition) is 3. The Morgan fingerprint density at radius 2 is 2.17 bits per heavy atom. The molecule has 0 aromatic heterocycles. The molecule has 2 aliphatic heterocycles. The fraction of sp³-hybridized carbons (Fsp3) is 0.846. The number of fused-ring (bicyclic) bond motifs is 1. The van der Waals surface area contributed by atoms with Crippen LogP contribution in [0.2, 0.25) is 0 Å². The van der Waals surface area contributed by atoms with E-state index in [-0.39, 0.29) is 23.8 Å². The van der Waals surface area contributed by atoms with E-state index in [2.05, 4.69) is 5.32 Å². The molecule has 0 aromatic carbocycles. The number of amides is 2. The van der Waals surface area contributed by atoms with Crippen LogP contribution in [0.1, 0.15) is 33.1 Å². The third-order valence-corrected chi connectivity index (χ3v) is 4.14. The highest BCUT2D eigenvalue weighted by Crippen LogP contribution is 2.25. The number of nitrogens with one attached hydrogen (secondary N) is 1. The van der Waals surface area contributed by atoms with Crippen molar-refractivity contribution in [1.82, 2.24) is 10.2 Å². The molecule has 0 spiro atoms. The van der Waals surface area contributed by atoms with Gasteiger partial charge in [0.05, 0.1) is 6.04 Å². The minimum atomic E-state index is -0.403. The average molecular weight is 253 g/mol. The first-order valence-corrected chi connectivity index (χ1v) is 6.82. The van der Waals surface area contributed by atoms with Gasteiger partial charge in [-0.2, -0.15) is 0 Å². The molecule has 0 aliphatic carbocycles. The third-order valence-electron chi connectivity index (χ3n) is 4.14. The molecule has 3 unspecified atom stereocenters. The lowest BCUT2D eigenvalue weighted by molar-refractivity contribution is -0.137. The van der Waals surface area contributed by atoms with Crippen molar-refractivity contribution in [3.63, 3.8) is 0 Å². The second kappa shape index (κ2) is 5.26. The summed E-state index contributed by atoms with van der Waals surface area (Å²) in [5, 5.41) is 3.02. The number of carbonyl (C=O) groups is 2. The van der Waals surface area contributed by atoms with Crippen LogP contribution in [0.5, 0.6) is 0 Å². The molecule has 102 valence electrons. The van der Waals surface area contributed by atoms with Crippen LogP contribution in [-0.2, 0) is 9.59 Å². The number of piperidine rings is 2. The number of likely N-dealkylation sites (tertiary alicyclic amines) is 1. The lowest BCUT2D eigenvalue weighted by atomic mass is 9.84. The maximum Gasteiger partial charge on any atom is 0.239 e. The van der Waals surface area contributed by atoms with Crippen LogP contribution in [0, 0.1) is 11.8 Å². The van der Waals surface area contributed by atoms with Crippen molar-refractivity contribution in [2.45, 2.75) is 45.2 Å². The van der Waals surface area contributed by atoms with Crippen molar-refractivity contribution in [2.24, 2.45) is 17.6 Å². The summed E-state index contributed by atoms with van der Waals surface area (Å²) < 4.78 is 0. The second-order valence-electron chi connectivity index (χ2n) is 5.82. The maximum absolute atomic E-state index is 12.2. The molecule has 2 amide bonds. The molecule has 3 atom stereocenters. The molecule has 2 rings (SSSR count). The van der Waals surface area contributed by atoms with Gasteiger partial charge in [-0.25, -0.2) is 0 Å². The molecule has 2 fully saturated rings.